The maximum atomic E-state index is 8.81. The van der Waals surface area contributed by atoms with Crippen molar-refractivity contribution in [2.75, 3.05) is 29.9 Å². The van der Waals surface area contributed by atoms with Gasteiger partial charge in [0, 0.05) is 43.5 Å². The smallest absolute Gasteiger partial charge is 0.146 e. The van der Waals surface area contributed by atoms with E-state index in [2.05, 4.69) is 58.5 Å². The molecule has 0 aliphatic carbocycles. The third-order valence-corrected chi connectivity index (χ3v) is 4.74. The molecule has 1 saturated heterocycles. The molecule has 5 nitrogen and oxygen atoms in total. The van der Waals surface area contributed by atoms with Gasteiger partial charge in [-0.2, -0.15) is 5.26 Å². The van der Waals surface area contributed by atoms with Gasteiger partial charge in [-0.05, 0) is 18.6 Å². The molecule has 0 N–H and O–H groups in total. The van der Waals surface area contributed by atoms with Crippen molar-refractivity contribution in [3.63, 3.8) is 0 Å². The highest BCUT2D eigenvalue weighted by molar-refractivity contribution is 6.29. The Hall–Kier alpha value is -2.58. The van der Waals surface area contributed by atoms with Crippen molar-refractivity contribution in [2.45, 2.75) is 13.3 Å². The summed E-state index contributed by atoms with van der Waals surface area (Å²) in [5.74, 6) is 1.59. The average molecular weight is 354 g/mol. The van der Waals surface area contributed by atoms with E-state index in [-0.39, 0.29) is 6.42 Å². The van der Waals surface area contributed by atoms with Crippen molar-refractivity contribution in [3.8, 4) is 6.07 Å². The maximum Gasteiger partial charge on any atom is 0.146 e. The van der Waals surface area contributed by atoms with Gasteiger partial charge in [0.05, 0.1) is 12.5 Å². The summed E-state index contributed by atoms with van der Waals surface area (Å²) in [6.07, 6.45) is 0.160. The molecule has 6 heteroatoms. The van der Waals surface area contributed by atoms with Crippen molar-refractivity contribution in [1.29, 1.82) is 5.26 Å². The number of aromatic nitrogens is 2. The van der Waals surface area contributed by atoms with Gasteiger partial charge in [0.1, 0.15) is 16.8 Å². The minimum Gasteiger partial charge on any atom is -0.355 e. The number of rotatable bonds is 5. The SMILES string of the molecule is C=C(C1CN(c2cc(Cl)nc(CC#N)n2)C1)N(C)c1ccccc1C. The zero-order chi connectivity index (χ0) is 18.0. The maximum absolute atomic E-state index is 8.81. The Morgan fingerprint density at radius 1 is 1.40 bits per heavy atom. The van der Waals surface area contributed by atoms with Gasteiger partial charge < -0.3 is 9.80 Å². The summed E-state index contributed by atoms with van der Waals surface area (Å²) in [6.45, 7) is 8.04. The Bertz CT molecular complexity index is 836. The summed E-state index contributed by atoms with van der Waals surface area (Å²) >= 11 is 6.04. The molecule has 0 bridgehead atoms. The number of benzene rings is 1. The number of aryl methyl sites for hydroxylation is 1. The highest BCUT2D eigenvalue weighted by atomic mass is 35.5. The first kappa shape index (κ1) is 17.2. The van der Waals surface area contributed by atoms with E-state index < -0.39 is 0 Å². The number of halogens is 1. The number of anilines is 2. The molecule has 3 rings (SSSR count). The topological polar surface area (TPSA) is 56.1 Å². The molecule has 1 aliphatic rings. The lowest BCUT2D eigenvalue weighted by atomic mass is 9.95. The molecule has 1 aromatic heterocycles. The van der Waals surface area contributed by atoms with Gasteiger partial charge in [-0.25, -0.2) is 9.97 Å². The Morgan fingerprint density at radius 2 is 2.12 bits per heavy atom. The summed E-state index contributed by atoms with van der Waals surface area (Å²) in [7, 11) is 2.06. The molecule has 0 atom stereocenters. The summed E-state index contributed by atoms with van der Waals surface area (Å²) in [5.41, 5.74) is 3.49. The van der Waals surface area contributed by atoms with Crippen LogP contribution in [-0.2, 0) is 6.42 Å². The minimum atomic E-state index is 0.160. The number of nitrogens with zero attached hydrogens (tertiary/aromatic N) is 5. The van der Waals surface area contributed by atoms with Crippen LogP contribution in [0.1, 0.15) is 11.4 Å². The highest BCUT2D eigenvalue weighted by Crippen LogP contribution is 2.32. The third kappa shape index (κ3) is 3.59. The van der Waals surface area contributed by atoms with Crippen LogP contribution in [0.4, 0.5) is 11.5 Å². The Kier molecular flexibility index (Phi) is 4.91. The van der Waals surface area contributed by atoms with E-state index in [1.54, 1.807) is 6.07 Å². The van der Waals surface area contributed by atoms with Crippen molar-refractivity contribution in [1.82, 2.24) is 9.97 Å². The molecule has 2 aromatic rings. The lowest BCUT2D eigenvalue weighted by Crippen LogP contribution is -2.50. The molecular weight excluding hydrogens is 334 g/mol. The molecule has 1 fully saturated rings. The van der Waals surface area contributed by atoms with Crippen LogP contribution in [0, 0.1) is 24.2 Å². The van der Waals surface area contributed by atoms with E-state index in [0.717, 1.165) is 24.6 Å². The Labute approximate surface area is 153 Å². The van der Waals surface area contributed by atoms with Gasteiger partial charge in [0.25, 0.3) is 0 Å². The second-order valence-electron chi connectivity index (χ2n) is 6.24. The molecule has 1 aromatic carbocycles. The fraction of sp³-hybridized carbons (Fsp3) is 0.316. The molecule has 0 radical (unpaired) electrons. The molecule has 25 heavy (non-hydrogen) atoms. The lowest BCUT2D eigenvalue weighted by molar-refractivity contribution is 0.458. The summed E-state index contributed by atoms with van der Waals surface area (Å²) < 4.78 is 0. The predicted octanol–water partition coefficient (Wildman–Crippen LogP) is 3.59. The quantitative estimate of drug-likeness (QED) is 0.769. The van der Waals surface area contributed by atoms with Gasteiger partial charge in [0.15, 0.2) is 0 Å². The average Bonchev–Trinajstić information content (AvgIpc) is 2.53. The molecule has 2 heterocycles. The van der Waals surface area contributed by atoms with Crippen molar-refractivity contribution in [3.05, 3.63) is 59.1 Å². The van der Waals surface area contributed by atoms with Crippen LogP contribution in [0.3, 0.4) is 0 Å². The first-order valence-electron chi connectivity index (χ1n) is 8.13. The van der Waals surface area contributed by atoms with Crippen molar-refractivity contribution in [2.24, 2.45) is 5.92 Å². The highest BCUT2D eigenvalue weighted by Gasteiger charge is 2.32. The normalized spacial score (nSPS) is 13.9. The van der Waals surface area contributed by atoms with E-state index in [9.17, 15) is 0 Å². The van der Waals surface area contributed by atoms with Gasteiger partial charge in [-0.1, -0.05) is 36.4 Å². The second kappa shape index (κ2) is 7.12. The van der Waals surface area contributed by atoms with Crippen LogP contribution in [0.2, 0.25) is 5.15 Å². The molecule has 1 aliphatic heterocycles. The second-order valence-corrected chi connectivity index (χ2v) is 6.63. The summed E-state index contributed by atoms with van der Waals surface area (Å²) in [6, 6.07) is 12.1. The first-order valence-corrected chi connectivity index (χ1v) is 8.51. The zero-order valence-corrected chi connectivity index (χ0v) is 15.2. The van der Waals surface area contributed by atoms with E-state index in [1.165, 1.54) is 11.3 Å². The first-order chi connectivity index (χ1) is 12.0. The van der Waals surface area contributed by atoms with E-state index in [1.807, 2.05) is 12.1 Å². The fourth-order valence-electron chi connectivity index (χ4n) is 3.01. The van der Waals surface area contributed by atoms with Crippen LogP contribution < -0.4 is 9.80 Å². The van der Waals surface area contributed by atoms with Gasteiger partial charge in [-0.3, -0.25) is 0 Å². The number of para-hydroxylation sites is 1. The van der Waals surface area contributed by atoms with E-state index >= 15 is 0 Å². The Balaban J connectivity index is 1.67. The molecule has 0 amide bonds. The predicted molar refractivity (Wildman–Crippen MR) is 101 cm³/mol. The van der Waals surface area contributed by atoms with E-state index in [4.69, 9.17) is 16.9 Å². The number of nitriles is 1. The van der Waals surface area contributed by atoms with Crippen LogP contribution in [0.15, 0.2) is 42.6 Å². The molecule has 128 valence electrons. The van der Waals surface area contributed by atoms with E-state index in [0.29, 0.717) is 16.9 Å². The largest absolute Gasteiger partial charge is 0.355 e. The van der Waals surface area contributed by atoms with Crippen LogP contribution in [0.5, 0.6) is 0 Å². The molecule has 0 spiro atoms. The lowest BCUT2D eigenvalue weighted by Gasteiger charge is -2.43. The van der Waals surface area contributed by atoms with Gasteiger partial charge >= 0.3 is 0 Å². The zero-order valence-electron chi connectivity index (χ0n) is 14.4. The third-order valence-electron chi connectivity index (χ3n) is 4.55. The monoisotopic (exact) mass is 353 g/mol. The molecule has 0 saturated carbocycles. The van der Waals surface area contributed by atoms with Crippen LogP contribution >= 0.6 is 11.6 Å². The molecule has 0 unspecified atom stereocenters. The number of hydrogen-bond donors (Lipinski definition) is 0. The number of hydrogen-bond acceptors (Lipinski definition) is 5. The van der Waals surface area contributed by atoms with Crippen LogP contribution in [-0.4, -0.2) is 30.1 Å². The summed E-state index contributed by atoms with van der Waals surface area (Å²) in [5, 5.41) is 9.18. The fourth-order valence-corrected chi connectivity index (χ4v) is 3.20. The summed E-state index contributed by atoms with van der Waals surface area (Å²) in [4.78, 5) is 12.8. The van der Waals surface area contributed by atoms with Crippen molar-refractivity contribution >= 4 is 23.1 Å². The molecular formula is C19H20ClN5. The Morgan fingerprint density at radius 3 is 2.80 bits per heavy atom. The minimum absolute atomic E-state index is 0.160. The standard InChI is InChI=1S/C19H20ClN5/c1-13-6-4-5-7-16(13)24(3)14(2)15-11-25(12-15)19-10-17(20)22-18(23-19)8-9-21/h4-7,10,15H,2,8,11-12H2,1,3H3. The van der Waals surface area contributed by atoms with Crippen LogP contribution in [0.25, 0.3) is 0 Å². The van der Waals surface area contributed by atoms with Crippen molar-refractivity contribution < 1.29 is 0 Å². The van der Waals surface area contributed by atoms with Gasteiger partial charge in [-0.15, -0.1) is 0 Å². The van der Waals surface area contributed by atoms with Gasteiger partial charge in [0.2, 0.25) is 0 Å².